The average Bonchev–Trinajstić information content (AvgIpc) is 3.05. The van der Waals surface area contributed by atoms with Gasteiger partial charge in [0.05, 0.1) is 5.56 Å². The van der Waals surface area contributed by atoms with Crippen molar-refractivity contribution in [3.63, 3.8) is 0 Å². The fraction of sp³-hybridized carbons (Fsp3) is 0.227. The summed E-state index contributed by atoms with van der Waals surface area (Å²) in [5, 5.41) is 1.86. The van der Waals surface area contributed by atoms with Crippen LogP contribution in [-0.2, 0) is 7.05 Å². The van der Waals surface area contributed by atoms with E-state index >= 15 is 0 Å². The van der Waals surface area contributed by atoms with Crippen LogP contribution in [-0.4, -0.2) is 0 Å². The first kappa shape index (κ1) is 9.03. The molecule has 0 aliphatic carbocycles. The van der Waals surface area contributed by atoms with Crippen LogP contribution < -0.4 is 4.57 Å². The molecule has 0 spiro atoms. The molecule has 0 bridgehead atoms. The topological polar surface area (TPSA) is 17.0 Å². The van der Waals surface area contributed by atoms with Gasteiger partial charge in [0.25, 0.3) is 0 Å². The van der Waals surface area contributed by atoms with Crippen molar-refractivity contribution in [1.82, 2.24) is 0 Å². The Kier molecular flexibility index (Phi) is 2.06. The molecule has 4 aromatic rings. The van der Waals surface area contributed by atoms with Crippen LogP contribution >= 0.6 is 0 Å². The Morgan fingerprint density at radius 2 is 1.92 bits per heavy atom. The molecule has 0 saturated heterocycles. The van der Waals surface area contributed by atoms with Crippen LogP contribution in [0.15, 0.2) is 59.1 Å². The molecule has 0 radical (unpaired) electrons. The summed E-state index contributed by atoms with van der Waals surface area (Å²) < 4.78 is 63.4. The second-order valence-electron chi connectivity index (χ2n) is 6.02. The zero-order valence-electron chi connectivity index (χ0n) is 20.6. The Morgan fingerprint density at radius 1 is 1.08 bits per heavy atom. The fourth-order valence-electron chi connectivity index (χ4n) is 3.18. The average molecular weight is 323 g/mol. The Balaban J connectivity index is 2.05. The number of pyridine rings is 1. The van der Waals surface area contributed by atoms with Gasteiger partial charge >= 0.3 is 0 Å². The standard InChI is InChI=1S/C22H22NO/c1-14(2)16-11-12-23(4)19(13-16)21-15(3)9-10-18-17-7-5-6-8-20(17)24-22(18)21/h5-14H,1-4H3/q+1/i1D3,2D3,14D. The van der Waals surface area contributed by atoms with E-state index in [2.05, 4.69) is 0 Å². The first-order valence-corrected chi connectivity index (χ1v) is 7.77. The molecule has 0 saturated carbocycles. The van der Waals surface area contributed by atoms with Gasteiger partial charge in [-0.25, -0.2) is 4.57 Å². The summed E-state index contributed by atoms with van der Waals surface area (Å²) in [6.07, 6.45) is 1.59. The van der Waals surface area contributed by atoms with Crippen molar-refractivity contribution in [1.29, 1.82) is 0 Å². The highest BCUT2D eigenvalue weighted by Gasteiger charge is 2.21. The molecule has 0 N–H and O–H groups in total. The fourth-order valence-corrected chi connectivity index (χ4v) is 3.18. The number of hydrogen-bond donors (Lipinski definition) is 0. The maximum atomic E-state index is 8.54. The van der Waals surface area contributed by atoms with E-state index < -0.39 is 19.6 Å². The van der Waals surface area contributed by atoms with Crippen molar-refractivity contribution in [3.05, 3.63) is 65.9 Å². The summed E-state index contributed by atoms with van der Waals surface area (Å²) in [6, 6.07) is 14.5. The third-order valence-electron chi connectivity index (χ3n) is 4.45. The first-order valence-electron chi connectivity index (χ1n) is 11.3. The number of benzene rings is 2. The zero-order chi connectivity index (χ0) is 22.8. The van der Waals surface area contributed by atoms with Crippen LogP contribution in [0, 0.1) is 6.92 Å². The number of furan rings is 1. The van der Waals surface area contributed by atoms with Gasteiger partial charge in [-0.05, 0) is 30.0 Å². The lowest BCUT2D eigenvalue weighted by Gasteiger charge is -2.09. The molecule has 2 heterocycles. The second kappa shape index (κ2) is 5.48. The summed E-state index contributed by atoms with van der Waals surface area (Å²) >= 11 is 0. The minimum absolute atomic E-state index is 0.0897. The van der Waals surface area contributed by atoms with Crippen LogP contribution in [0.2, 0.25) is 0 Å². The van der Waals surface area contributed by atoms with Gasteiger partial charge in [-0.1, -0.05) is 44.0 Å². The number of fused-ring (bicyclic) bond motifs is 3. The highest BCUT2D eigenvalue weighted by atomic mass is 16.3. The van der Waals surface area contributed by atoms with Gasteiger partial charge in [-0.2, -0.15) is 0 Å². The van der Waals surface area contributed by atoms with Crippen molar-refractivity contribution < 1.29 is 18.6 Å². The number of aromatic nitrogens is 1. The van der Waals surface area contributed by atoms with E-state index in [4.69, 9.17) is 14.0 Å². The number of para-hydroxylation sites is 1. The first-order chi connectivity index (χ1) is 14.4. The van der Waals surface area contributed by atoms with Crippen molar-refractivity contribution in [2.45, 2.75) is 26.5 Å². The van der Waals surface area contributed by atoms with Crippen LogP contribution in [0.1, 0.15) is 40.3 Å². The molecule has 120 valence electrons. The lowest BCUT2D eigenvalue weighted by atomic mass is 9.97. The monoisotopic (exact) mass is 323 g/mol. The van der Waals surface area contributed by atoms with Gasteiger partial charge in [-0.15, -0.1) is 0 Å². The molecule has 2 nitrogen and oxygen atoms in total. The van der Waals surface area contributed by atoms with Gasteiger partial charge < -0.3 is 4.42 Å². The minimum atomic E-state index is -3.05. The third-order valence-corrected chi connectivity index (χ3v) is 4.45. The summed E-state index contributed by atoms with van der Waals surface area (Å²) in [7, 11) is 1.79. The van der Waals surface area contributed by atoms with Gasteiger partial charge in [0.2, 0.25) is 5.69 Å². The van der Waals surface area contributed by atoms with Gasteiger partial charge in [0.1, 0.15) is 18.2 Å². The summed E-state index contributed by atoms with van der Waals surface area (Å²) in [4.78, 5) is 0. The van der Waals surface area contributed by atoms with E-state index in [9.17, 15) is 0 Å². The Morgan fingerprint density at radius 3 is 2.75 bits per heavy atom. The van der Waals surface area contributed by atoms with Crippen molar-refractivity contribution >= 4 is 21.9 Å². The molecule has 2 heteroatoms. The van der Waals surface area contributed by atoms with Gasteiger partial charge in [-0.3, -0.25) is 0 Å². The van der Waals surface area contributed by atoms with Gasteiger partial charge in [0, 0.05) is 32.5 Å². The highest BCUT2D eigenvalue weighted by Crippen LogP contribution is 2.37. The van der Waals surface area contributed by atoms with Crippen LogP contribution in [0.25, 0.3) is 33.2 Å². The maximum Gasteiger partial charge on any atom is 0.216 e. The predicted molar refractivity (Wildman–Crippen MR) is 99.2 cm³/mol. The van der Waals surface area contributed by atoms with E-state index in [0.717, 1.165) is 27.5 Å². The van der Waals surface area contributed by atoms with Crippen LogP contribution in [0.3, 0.4) is 0 Å². The van der Waals surface area contributed by atoms with Crippen molar-refractivity contribution in [3.8, 4) is 11.3 Å². The molecule has 0 fully saturated rings. The molecule has 0 amide bonds. The van der Waals surface area contributed by atoms with E-state index in [1.54, 1.807) is 17.8 Å². The zero-order valence-corrected chi connectivity index (χ0v) is 13.6. The number of nitrogens with zero attached hydrogens (tertiary/aromatic N) is 1. The Bertz CT molecular complexity index is 1290. The number of rotatable bonds is 2. The molecule has 2 aromatic heterocycles. The van der Waals surface area contributed by atoms with E-state index in [-0.39, 0.29) is 5.56 Å². The molecule has 0 aliphatic rings. The second-order valence-corrected chi connectivity index (χ2v) is 6.02. The normalized spacial score (nSPS) is 17.5. The lowest BCUT2D eigenvalue weighted by molar-refractivity contribution is -0.660. The molecule has 4 rings (SSSR count). The number of aryl methyl sites for hydroxylation is 2. The molecule has 0 unspecified atom stereocenters. The molecule has 2 aromatic carbocycles. The van der Waals surface area contributed by atoms with Crippen molar-refractivity contribution in [2.24, 2.45) is 7.05 Å². The summed E-state index contributed by atoms with van der Waals surface area (Å²) in [5.41, 5.74) is 3.46. The molecular formula is C22H22NO+. The SMILES string of the molecule is [2H]C([2H])([2H])C([2H])(c1cc[n+](C)c(-c2c(C)ccc3c2oc2ccccc23)c1)C([2H])([2H])[2H]. The van der Waals surface area contributed by atoms with E-state index in [1.165, 1.54) is 12.1 Å². The van der Waals surface area contributed by atoms with Gasteiger partial charge in [0.15, 0.2) is 6.20 Å². The Hall–Kier alpha value is -2.61. The largest absolute Gasteiger partial charge is 0.455 e. The predicted octanol–water partition coefficient (Wildman–Crippen LogP) is 5.51. The highest BCUT2D eigenvalue weighted by molar-refractivity contribution is 6.09. The smallest absolute Gasteiger partial charge is 0.216 e. The maximum absolute atomic E-state index is 8.54. The molecular weight excluding hydrogens is 294 g/mol. The van der Waals surface area contributed by atoms with Crippen molar-refractivity contribution in [2.75, 3.05) is 0 Å². The lowest BCUT2D eigenvalue weighted by Crippen LogP contribution is -2.31. The van der Waals surface area contributed by atoms with E-state index in [0.29, 0.717) is 11.3 Å². The summed E-state index contributed by atoms with van der Waals surface area (Å²) in [5.74, 6) is -2.77. The molecule has 24 heavy (non-hydrogen) atoms. The third kappa shape index (κ3) is 2.22. The number of hydrogen-bond acceptors (Lipinski definition) is 1. The minimum Gasteiger partial charge on any atom is -0.455 e. The van der Waals surface area contributed by atoms with Crippen LogP contribution in [0.5, 0.6) is 0 Å². The quantitative estimate of drug-likeness (QED) is 0.445. The van der Waals surface area contributed by atoms with Crippen LogP contribution in [0.4, 0.5) is 0 Å². The van der Waals surface area contributed by atoms with E-state index in [1.807, 2.05) is 43.3 Å². The molecule has 0 atom stereocenters. The Labute approximate surface area is 152 Å². The molecule has 0 aliphatic heterocycles. The summed E-state index contributed by atoms with van der Waals surface area (Å²) in [6.45, 7) is -4.18.